The third kappa shape index (κ3) is 5.64. The maximum atomic E-state index is 13.5. The van der Waals surface area contributed by atoms with Crippen LogP contribution in [0.25, 0.3) is 22.3 Å². The van der Waals surface area contributed by atoms with Gasteiger partial charge >= 0.3 is 0 Å². The molecule has 4 aromatic rings. The van der Waals surface area contributed by atoms with Crippen LogP contribution in [0.15, 0.2) is 69.9 Å². The first-order valence-corrected chi connectivity index (χ1v) is 12.2. The second-order valence-electron chi connectivity index (χ2n) is 10.3. The Morgan fingerprint density at radius 3 is 2.27 bits per heavy atom. The molecule has 0 aliphatic heterocycles. The first-order chi connectivity index (χ1) is 17.4. The number of rotatable bonds is 6. The lowest BCUT2D eigenvalue weighted by molar-refractivity contribution is -0.118. The van der Waals surface area contributed by atoms with Crippen molar-refractivity contribution in [3.8, 4) is 17.1 Å². The minimum atomic E-state index is -0.464. The largest absolute Gasteiger partial charge is 0.476 e. The Labute approximate surface area is 216 Å². The smallest absolute Gasteiger partial charge is 0.262 e. The predicted molar refractivity (Wildman–Crippen MR) is 147 cm³/mol. The molecule has 1 amide bonds. The molecule has 0 fully saturated rings. The van der Waals surface area contributed by atoms with Gasteiger partial charge in [0.1, 0.15) is 5.58 Å². The summed E-state index contributed by atoms with van der Waals surface area (Å²) in [6.07, 6.45) is 0. The molecule has 3 aromatic carbocycles. The molecule has 0 aliphatic rings. The summed E-state index contributed by atoms with van der Waals surface area (Å²) in [6.45, 7) is 11.3. The van der Waals surface area contributed by atoms with Crippen molar-refractivity contribution < 1.29 is 18.7 Å². The fourth-order valence-corrected chi connectivity index (χ4v) is 4.03. The van der Waals surface area contributed by atoms with Gasteiger partial charge in [-0.15, -0.1) is 0 Å². The van der Waals surface area contributed by atoms with Gasteiger partial charge in [-0.3, -0.25) is 14.4 Å². The molecule has 0 radical (unpaired) electrons. The van der Waals surface area contributed by atoms with Crippen LogP contribution in [0.4, 0.5) is 5.69 Å². The minimum absolute atomic E-state index is 0.0214. The molecule has 1 heterocycles. The van der Waals surface area contributed by atoms with E-state index in [2.05, 4.69) is 26.1 Å². The zero-order chi connectivity index (χ0) is 26.9. The molecular weight excluding hydrogens is 466 g/mol. The van der Waals surface area contributed by atoms with Crippen molar-refractivity contribution in [2.75, 3.05) is 11.9 Å². The van der Waals surface area contributed by atoms with Crippen LogP contribution in [0, 0.1) is 13.8 Å². The third-order valence-electron chi connectivity index (χ3n) is 6.38. The topological polar surface area (TPSA) is 85.6 Å². The second-order valence-corrected chi connectivity index (χ2v) is 10.3. The fraction of sp³-hybridized carbons (Fsp3) is 0.258. The summed E-state index contributed by atoms with van der Waals surface area (Å²) >= 11 is 0. The molecule has 6 nitrogen and oxygen atoms in total. The average Bonchev–Trinajstić information content (AvgIpc) is 2.84. The zero-order valence-electron chi connectivity index (χ0n) is 22.0. The molecule has 37 heavy (non-hydrogen) atoms. The third-order valence-corrected chi connectivity index (χ3v) is 6.38. The summed E-state index contributed by atoms with van der Waals surface area (Å²) in [7, 11) is 0. The number of amides is 1. The van der Waals surface area contributed by atoms with Gasteiger partial charge in [0.05, 0.1) is 5.39 Å². The fourth-order valence-electron chi connectivity index (χ4n) is 4.03. The van der Waals surface area contributed by atoms with E-state index >= 15 is 0 Å². The molecular formula is C31H31NO5. The van der Waals surface area contributed by atoms with E-state index in [1.165, 1.54) is 6.92 Å². The van der Waals surface area contributed by atoms with Gasteiger partial charge < -0.3 is 14.5 Å². The number of ether oxygens (including phenoxy) is 1. The lowest BCUT2D eigenvalue weighted by Crippen LogP contribution is -2.23. The van der Waals surface area contributed by atoms with Gasteiger partial charge in [-0.25, -0.2) is 0 Å². The average molecular weight is 498 g/mol. The normalized spacial score (nSPS) is 11.4. The summed E-state index contributed by atoms with van der Waals surface area (Å²) < 4.78 is 12.0. The van der Waals surface area contributed by atoms with Gasteiger partial charge in [0.2, 0.25) is 11.2 Å². The summed E-state index contributed by atoms with van der Waals surface area (Å²) in [5.41, 5.74) is 4.81. The number of aryl methyl sites for hydroxylation is 2. The van der Waals surface area contributed by atoms with E-state index in [0.717, 1.165) is 16.7 Å². The Balaban J connectivity index is 1.71. The first kappa shape index (κ1) is 25.9. The van der Waals surface area contributed by atoms with E-state index in [9.17, 15) is 14.4 Å². The number of carbonyl (C=O) groups is 2. The van der Waals surface area contributed by atoms with Gasteiger partial charge in [-0.1, -0.05) is 57.2 Å². The van der Waals surface area contributed by atoms with E-state index < -0.39 is 12.5 Å². The minimum Gasteiger partial charge on any atom is -0.476 e. The highest BCUT2D eigenvalue weighted by molar-refractivity contribution is 5.97. The first-order valence-electron chi connectivity index (χ1n) is 12.2. The van der Waals surface area contributed by atoms with E-state index in [1.807, 2.05) is 44.2 Å². The van der Waals surface area contributed by atoms with Crippen LogP contribution < -0.4 is 15.5 Å². The van der Waals surface area contributed by atoms with Crippen molar-refractivity contribution >= 4 is 28.3 Å². The van der Waals surface area contributed by atoms with E-state index in [0.29, 0.717) is 27.8 Å². The highest BCUT2D eigenvalue weighted by atomic mass is 16.5. The van der Waals surface area contributed by atoms with Crippen molar-refractivity contribution in [3.63, 3.8) is 0 Å². The number of benzene rings is 3. The number of carbonyl (C=O) groups excluding carboxylic acids is 2. The Morgan fingerprint density at radius 1 is 0.946 bits per heavy atom. The predicted octanol–water partition coefficient (Wildman–Crippen LogP) is 6.59. The maximum Gasteiger partial charge on any atom is 0.262 e. The standard InChI is InChI=1S/C31H31NO5/c1-18-14-25-26(15-19(18)2)37-29(21-10-12-23(13-11-21)31(4,5)6)30(28(25)35)36-17-27(34)32-24-9-7-8-22(16-24)20(3)33/h7-16H,17H2,1-6H3,(H,32,34). The SMILES string of the molecule is CC(=O)c1cccc(NC(=O)COc2c(-c3ccc(C(C)(C)C)cc3)oc3cc(C)c(C)cc3c2=O)c1. The van der Waals surface area contributed by atoms with Crippen LogP contribution in [0.3, 0.4) is 0 Å². The molecule has 4 rings (SSSR count). The lowest BCUT2D eigenvalue weighted by atomic mass is 9.86. The van der Waals surface area contributed by atoms with Gasteiger partial charge in [0, 0.05) is 16.8 Å². The van der Waals surface area contributed by atoms with E-state index in [-0.39, 0.29) is 28.1 Å². The highest BCUT2D eigenvalue weighted by Crippen LogP contribution is 2.33. The quantitative estimate of drug-likeness (QED) is 0.304. The van der Waals surface area contributed by atoms with Crippen LogP contribution in [-0.2, 0) is 10.2 Å². The molecule has 190 valence electrons. The van der Waals surface area contributed by atoms with E-state index in [1.54, 1.807) is 30.3 Å². The second kappa shape index (κ2) is 10.1. The Hall–Kier alpha value is -4.19. The van der Waals surface area contributed by atoms with Crippen molar-refractivity contribution in [1.82, 2.24) is 0 Å². The Kier molecular flexibility index (Phi) is 7.03. The maximum absolute atomic E-state index is 13.5. The van der Waals surface area contributed by atoms with Crippen molar-refractivity contribution in [2.45, 2.75) is 47.0 Å². The Morgan fingerprint density at radius 2 is 1.62 bits per heavy atom. The molecule has 1 aromatic heterocycles. The number of ketones is 1. The van der Waals surface area contributed by atoms with Crippen LogP contribution in [0.2, 0.25) is 0 Å². The van der Waals surface area contributed by atoms with Gasteiger partial charge in [0.25, 0.3) is 5.91 Å². The number of nitrogens with one attached hydrogen (secondary N) is 1. The molecule has 0 aliphatic carbocycles. The molecule has 0 spiro atoms. The summed E-state index contributed by atoms with van der Waals surface area (Å²) in [5, 5.41) is 3.11. The number of Topliss-reactive ketones (excluding diaryl/α,β-unsaturated/α-hetero) is 1. The highest BCUT2D eigenvalue weighted by Gasteiger charge is 2.21. The molecule has 0 atom stereocenters. The molecule has 0 bridgehead atoms. The molecule has 0 saturated heterocycles. The van der Waals surface area contributed by atoms with Crippen LogP contribution >= 0.6 is 0 Å². The number of anilines is 1. The van der Waals surface area contributed by atoms with Gasteiger partial charge in [-0.05, 0) is 67.1 Å². The lowest BCUT2D eigenvalue weighted by Gasteiger charge is -2.19. The van der Waals surface area contributed by atoms with Gasteiger partial charge in [-0.2, -0.15) is 0 Å². The zero-order valence-corrected chi connectivity index (χ0v) is 22.0. The van der Waals surface area contributed by atoms with Gasteiger partial charge in [0.15, 0.2) is 18.2 Å². The monoisotopic (exact) mass is 497 g/mol. The van der Waals surface area contributed by atoms with Crippen LogP contribution in [-0.4, -0.2) is 18.3 Å². The number of hydrogen-bond donors (Lipinski definition) is 1. The summed E-state index contributed by atoms with van der Waals surface area (Å²) in [6, 6.07) is 18.1. The van der Waals surface area contributed by atoms with Crippen LogP contribution in [0.1, 0.15) is 54.7 Å². The summed E-state index contributed by atoms with van der Waals surface area (Å²) in [4.78, 5) is 37.9. The van der Waals surface area contributed by atoms with Crippen LogP contribution in [0.5, 0.6) is 5.75 Å². The van der Waals surface area contributed by atoms with Crippen molar-refractivity contribution in [2.24, 2.45) is 0 Å². The number of hydrogen-bond acceptors (Lipinski definition) is 5. The molecule has 1 N–H and O–H groups in total. The summed E-state index contributed by atoms with van der Waals surface area (Å²) in [5.74, 6) is -0.317. The molecule has 0 unspecified atom stereocenters. The number of fused-ring (bicyclic) bond motifs is 1. The molecule has 0 saturated carbocycles. The van der Waals surface area contributed by atoms with Crippen molar-refractivity contribution in [1.29, 1.82) is 0 Å². The molecule has 6 heteroatoms. The Bertz CT molecular complexity index is 1560. The van der Waals surface area contributed by atoms with E-state index in [4.69, 9.17) is 9.15 Å². The van der Waals surface area contributed by atoms with Crippen molar-refractivity contribution in [3.05, 3.63) is 93.1 Å².